The van der Waals surface area contributed by atoms with Crippen LogP contribution in [0.2, 0.25) is 0 Å². The Balaban J connectivity index is 1.44. The van der Waals surface area contributed by atoms with Gasteiger partial charge in [-0.05, 0) is 42.0 Å². The SMILES string of the molecule is CCc1ccc(CN(Cc2cccnc2)C(=O)CCN2C(=O)[C@H]3CCCC[C@H]3C2=O)cc1. The summed E-state index contributed by atoms with van der Waals surface area (Å²) >= 11 is 0. The molecule has 2 heterocycles. The molecule has 0 bridgehead atoms. The Hall–Kier alpha value is -3.02. The Labute approximate surface area is 189 Å². The van der Waals surface area contributed by atoms with Crippen LogP contribution in [-0.2, 0) is 33.9 Å². The lowest BCUT2D eigenvalue weighted by atomic mass is 9.81. The summed E-state index contributed by atoms with van der Waals surface area (Å²) in [6.45, 7) is 3.20. The molecule has 3 amide bonds. The first-order valence-electron chi connectivity index (χ1n) is 11.7. The molecule has 2 aromatic rings. The topological polar surface area (TPSA) is 70.6 Å². The van der Waals surface area contributed by atoms with E-state index in [1.165, 1.54) is 10.5 Å². The van der Waals surface area contributed by atoms with Gasteiger partial charge in [-0.1, -0.05) is 50.1 Å². The maximum absolute atomic E-state index is 13.2. The van der Waals surface area contributed by atoms with E-state index >= 15 is 0 Å². The molecular weight excluding hydrogens is 402 g/mol. The highest BCUT2D eigenvalue weighted by Gasteiger charge is 2.47. The van der Waals surface area contributed by atoms with Gasteiger partial charge in [0.1, 0.15) is 0 Å². The van der Waals surface area contributed by atoms with Gasteiger partial charge >= 0.3 is 0 Å². The molecule has 1 aliphatic carbocycles. The second-order valence-corrected chi connectivity index (χ2v) is 8.86. The summed E-state index contributed by atoms with van der Waals surface area (Å²) < 4.78 is 0. The van der Waals surface area contributed by atoms with Gasteiger partial charge in [-0.3, -0.25) is 24.3 Å². The van der Waals surface area contributed by atoms with Crippen LogP contribution in [0.25, 0.3) is 0 Å². The van der Waals surface area contributed by atoms with Crippen molar-refractivity contribution in [2.45, 2.75) is 58.5 Å². The third kappa shape index (κ3) is 4.90. The molecule has 6 nitrogen and oxygen atoms in total. The number of benzene rings is 1. The van der Waals surface area contributed by atoms with Crippen molar-refractivity contribution in [3.05, 3.63) is 65.5 Å². The van der Waals surface area contributed by atoms with Crippen LogP contribution < -0.4 is 0 Å². The smallest absolute Gasteiger partial charge is 0.233 e. The van der Waals surface area contributed by atoms with Crippen molar-refractivity contribution >= 4 is 17.7 Å². The molecule has 4 rings (SSSR count). The number of aromatic nitrogens is 1. The monoisotopic (exact) mass is 433 g/mol. The van der Waals surface area contributed by atoms with Gasteiger partial charge in [-0.25, -0.2) is 0 Å². The van der Waals surface area contributed by atoms with Crippen LogP contribution in [0, 0.1) is 11.8 Å². The van der Waals surface area contributed by atoms with Gasteiger partial charge in [0.05, 0.1) is 11.8 Å². The van der Waals surface area contributed by atoms with E-state index in [4.69, 9.17) is 0 Å². The molecule has 1 saturated carbocycles. The van der Waals surface area contributed by atoms with E-state index in [0.29, 0.717) is 13.1 Å². The molecule has 0 unspecified atom stereocenters. The molecule has 168 valence electrons. The number of imide groups is 1. The lowest BCUT2D eigenvalue weighted by Crippen LogP contribution is -2.37. The number of hydrogen-bond acceptors (Lipinski definition) is 4. The fourth-order valence-corrected chi connectivity index (χ4v) is 4.86. The number of carbonyl (C=O) groups excluding carboxylic acids is 3. The van der Waals surface area contributed by atoms with Gasteiger partial charge in [-0.2, -0.15) is 0 Å². The summed E-state index contributed by atoms with van der Waals surface area (Å²) in [7, 11) is 0. The lowest BCUT2D eigenvalue weighted by molar-refractivity contribution is -0.141. The number of rotatable bonds is 8. The molecular formula is C26H31N3O3. The lowest BCUT2D eigenvalue weighted by Gasteiger charge is -2.24. The largest absolute Gasteiger partial charge is 0.334 e. The Morgan fingerprint density at radius 1 is 0.969 bits per heavy atom. The van der Waals surface area contributed by atoms with Crippen molar-refractivity contribution in [1.82, 2.24) is 14.8 Å². The van der Waals surface area contributed by atoms with Crippen molar-refractivity contribution in [1.29, 1.82) is 0 Å². The quantitative estimate of drug-likeness (QED) is 0.595. The van der Waals surface area contributed by atoms with Crippen molar-refractivity contribution in [3.8, 4) is 0 Å². The van der Waals surface area contributed by atoms with Crippen LogP contribution in [0.5, 0.6) is 0 Å². The highest BCUT2D eigenvalue weighted by Crippen LogP contribution is 2.38. The first kappa shape index (κ1) is 22.2. The zero-order valence-electron chi connectivity index (χ0n) is 18.7. The van der Waals surface area contributed by atoms with Gasteiger partial charge in [0.15, 0.2) is 0 Å². The van der Waals surface area contributed by atoms with Crippen LogP contribution >= 0.6 is 0 Å². The van der Waals surface area contributed by atoms with Crippen molar-refractivity contribution in [2.75, 3.05) is 6.54 Å². The number of aryl methyl sites for hydroxylation is 1. The van der Waals surface area contributed by atoms with E-state index < -0.39 is 0 Å². The second-order valence-electron chi connectivity index (χ2n) is 8.86. The van der Waals surface area contributed by atoms with E-state index in [1.807, 2.05) is 12.1 Å². The fraction of sp³-hybridized carbons (Fsp3) is 0.462. The van der Waals surface area contributed by atoms with E-state index in [1.54, 1.807) is 17.3 Å². The van der Waals surface area contributed by atoms with Gasteiger partial charge in [0.2, 0.25) is 17.7 Å². The minimum atomic E-state index is -0.171. The van der Waals surface area contributed by atoms with Gasteiger partial charge in [-0.15, -0.1) is 0 Å². The number of hydrogen-bond donors (Lipinski definition) is 0. The van der Waals surface area contributed by atoms with E-state index in [-0.39, 0.29) is 42.5 Å². The Morgan fingerprint density at radius 2 is 1.59 bits per heavy atom. The van der Waals surface area contributed by atoms with Crippen molar-refractivity contribution < 1.29 is 14.4 Å². The number of nitrogens with zero attached hydrogens (tertiary/aromatic N) is 3. The molecule has 1 aliphatic heterocycles. The van der Waals surface area contributed by atoms with Gasteiger partial charge in [0.25, 0.3) is 0 Å². The number of amides is 3. The molecule has 32 heavy (non-hydrogen) atoms. The molecule has 1 aromatic carbocycles. The van der Waals surface area contributed by atoms with Gasteiger partial charge < -0.3 is 4.90 Å². The summed E-state index contributed by atoms with van der Waals surface area (Å²) in [5.74, 6) is -0.573. The summed E-state index contributed by atoms with van der Waals surface area (Å²) in [4.78, 5) is 46.0. The Kier molecular flexibility index (Phi) is 6.98. The van der Waals surface area contributed by atoms with E-state index in [9.17, 15) is 14.4 Å². The van der Waals surface area contributed by atoms with Gasteiger partial charge in [0, 0.05) is 38.4 Å². The average Bonchev–Trinajstić information content (AvgIpc) is 3.08. The molecule has 2 fully saturated rings. The summed E-state index contributed by atoms with van der Waals surface area (Å²) in [5.41, 5.74) is 3.26. The zero-order chi connectivity index (χ0) is 22.5. The predicted octanol–water partition coefficient (Wildman–Crippen LogP) is 3.74. The summed E-state index contributed by atoms with van der Waals surface area (Å²) in [5, 5.41) is 0. The molecule has 1 saturated heterocycles. The van der Waals surface area contributed by atoms with E-state index in [0.717, 1.165) is 43.2 Å². The minimum absolute atomic E-state index is 0.0658. The molecule has 0 N–H and O–H groups in total. The van der Waals surface area contributed by atoms with Crippen molar-refractivity contribution in [3.63, 3.8) is 0 Å². The van der Waals surface area contributed by atoms with Crippen molar-refractivity contribution in [2.24, 2.45) is 11.8 Å². The summed E-state index contributed by atoms with van der Waals surface area (Å²) in [6.07, 6.45) is 8.18. The maximum atomic E-state index is 13.2. The molecule has 0 spiro atoms. The predicted molar refractivity (Wildman–Crippen MR) is 121 cm³/mol. The molecule has 6 heteroatoms. The third-order valence-corrected chi connectivity index (χ3v) is 6.74. The Bertz CT molecular complexity index is 934. The highest BCUT2D eigenvalue weighted by molar-refractivity contribution is 6.05. The first-order chi connectivity index (χ1) is 15.6. The first-order valence-corrected chi connectivity index (χ1v) is 11.7. The van der Waals surface area contributed by atoms with Crippen LogP contribution in [-0.4, -0.2) is 39.1 Å². The van der Waals surface area contributed by atoms with Crippen LogP contribution in [0.4, 0.5) is 0 Å². The third-order valence-electron chi connectivity index (χ3n) is 6.74. The number of pyridine rings is 1. The molecule has 1 aromatic heterocycles. The highest BCUT2D eigenvalue weighted by atomic mass is 16.2. The number of fused-ring (bicyclic) bond motifs is 1. The van der Waals surface area contributed by atoms with Crippen LogP contribution in [0.15, 0.2) is 48.8 Å². The fourth-order valence-electron chi connectivity index (χ4n) is 4.86. The molecule has 2 atom stereocenters. The van der Waals surface area contributed by atoms with E-state index in [2.05, 4.69) is 36.2 Å². The number of likely N-dealkylation sites (tertiary alicyclic amines) is 1. The molecule has 2 aliphatic rings. The van der Waals surface area contributed by atoms with Crippen LogP contribution in [0.1, 0.15) is 55.7 Å². The number of carbonyl (C=O) groups is 3. The average molecular weight is 434 g/mol. The van der Waals surface area contributed by atoms with Crippen LogP contribution in [0.3, 0.4) is 0 Å². The standard InChI is InChI=1S/C26H31N3O3/c1-2-19-9-11-20(12-10-19)17-28(18-21-6-5-14-27-16-21)24(30)13-15-29-25(31)22-7-3-4-8-23(22)26(29)32/h5-6,9-12,14,16,22-23H,2-4,7-8,13,15,17-18H2,1H3/t22-,23+. The summed E-state index contributed by atoms with van der Waals surface area (Å²) in [6, 6.07) is 12.1. The molecule has 0 radical (unpaired) electrons. The normalized spacial score (nSPS) is 20.3. The second kappa shape index (κ2) is 10.1. The minimum Gasteiger partial charge on any atom is -0.334 e. The maximum Gasteiger partial charge on any atom is 0.233 e. The Morgan fingerprint density at radius 3 is 2.19 bits per heavy atom. The zero-order valence-corrected chi connectivity index (χ0v) is 18.7.